The van der Waals surface area contributed by atoms with Gasteiger partial charge in [-0.3, -0.25) is 0 Å². The van der Waals surface area contributed by atoms with Crippen LogP contribution in [-0.2, 0) is 11.4 Å². The number of rotatable bonds is 5. The van der Waals surface area contributed by atoms with Gasteiger partial charge >= 0.3 is 0 Å². The van der Waals surface area contributed by atoms with Crippen LogP contribution >= 0.6 is 15.9 Å². The summed E-state index contributed by atoms with van der Waals surface area (Å²) >= 11 is 2.09. The first-order valence-corrected chi connectivity index (χ1v) is 7.78. The first-order chi connectivity index (χ1) is 8.27. The van der Waals surface area contributed by atoms with Crippen molar-refractivity contribution in [2.45, 2.75) is 37.9 Å². The molecule has 102 valence electrons. The molecule has 0 aromatic heterocycles. The monoisotopic (exact) mass is 333 g/mol. The summed E-state index contributed by atoms with van der Waals surface area (Å²) in [4.78, 5) is 0. The van der Waals surface area contributed by atoms with Gasteiger partial charge in [0.25, 0.3) is 0 Å². The lowest BCUT2D eigenvalue weighted by atomic mass is 9.91. The van der Waals surface area contributed by atoms with E-state index in [4.69, 9.17) is 9.88 Å². The maximum absolute atomic E-state index is 11.5. The number of nitrogens with two attached hydrogens (primary N) is 1. The molecule has 0 saturated heterocycles. The summed E-state index contributed by atoms with van der Waals surface area (Å²) in [5, 5.41) is 5.52. The van der Waals surface area contributed by atoms with E-state index >= 15 is 0 Å². The first kappa shape index (κ1) is 15.8. The highest BCUT2D eigenvalue weighted by Crippen LogP contribution is 2.35. The molecule has 0 amide bonds. The molecule has 0 aliphatic carbocycles. The number of ether oxygens (including phenoxy) is 1. The number of hydrogen-bond donors (Lipinski definition) is 1. The summed E-state index contributed by atoms with van der Waals surface area (Å²) in [5.74, 6) is 1.08. The van der Waals surface area contributed by atoms with Crippen molar-refractivity contribution in [3.8, 4) is 5.75 Å². The van der Waals surface area contributed by atoms with E-state index in [2.05, 4.69) is 22.9 Å². The topological polar surface area (TPSA) is 58.3 Å². The van der Waals surface area contributed by atoms with Crippen molar-refractivity contribution < 1.29 is 9.29 Å². The van der Waals surface area contributed by atoms with E-state index < -0.39 is 16.1 Å². The van der Waals surface area contributed by atoms with Crippen LogP contribution in [0.2, 0.25) is 0 Å². The maximum Gasteiger partial charge on any atom is 0.140 e. The van der Waals surface area contributed by atoms with E-state index in [1.165, 1.54) is 0 Å². The van der Waals surface area contributed by atoms with Crippen LogP contribution in [0.15, 0.2) is 22.7 Å². The maximum atomic E-state index is 11.5. The molecule has 5 heteroatoms. The number of benzene rings is 1. The molecule has 0 saturated carbocycles. The third kappa shape index (κ3) is 3.88. The van der Waals surface area contributed by atoms with Gasteiger partial charge < -0.3 is 9.29 Å². The van der Waals surface area contributed by atoms with Crippen molar-refractivity contribution in [2.24, 2.45) is 5.14 Å². The number of hydrogen-bond acceptors (Lipinski definition) is 3. The number of methoxy groups -OCH3 is 1. The van der Waals surface area contributed by atoms with E-state index in [0.717, 1.165) is 22.2 Å². The zero-order valence-electron chi connectivity index (χ0n) is 11.2. The summed E-state index contributed by atoms with van der Waals surface area (Å²) in [6, 6.07) is 5.96. The largest absolute Gasteiger partial charge is 0.598 e. The standard InChI is InChI=1S/C13H20BrNO2S/c1-9(8-13(2,3)18(15)16)11-6-5-10(14)7-12(11)17-4/h5-7,9H,8,15H2,1-4H3/t9-,18?/m0/s1. The van der Waals surface area contributed by atoms with Gasteiger partial charge in [0.1, 0.15) is 10.5 Å². The van der Waals surface area contributed by atoms with Crippen LogP contribution in [-0.4, -0.2) is 16.4 Å². The lowest BCUT2D eigenvalue weighted by Gasteiger charge is -2.28. The Morgan fingerprint density at radius 2 is 2.11 bits per heavy atom. The summed E-state index contributed by atoms with van der Waals surface area (Å²) in [6.07, 6.45) is 0.744. The molecule has 2 atom stereocenters. The molecule has 0 bridgehead atoms. The summed E-state index contributed by atoms with van der Waals surface area (Å²) < 4.78 is 17.5. The van der Waals surface area contributed by atoms with Crippen LogP contribution in [0.1, 0.15) is 38.7 Å². The average Bonchev–Trinajstić information content (AvgIpc) is 2.27. The van der Waals surface area contributed by atoms with Crippen molar-refractivity contribution in [2.75, 3.05) is 7.11 Å². The van der Waals surface area contributed by atoms with Gasteiger partial charge in [-0.2, -0.15) is 5.14 Å². The Hall–Kier alpha value is -0.230. The van der Waals surface area contributed by atoms with E-state index in [0.29, 0.717) is 0 Å². The molecule has 0 spiro atoms. The fourth-order valence-corrected chi connectivity index (χ4v) is 2.78. The highest BCUT2D eigenvalue weighted by molar-refractivity contribution is 9.10. The molecule has 0 radical (unpaired) electrons. The highest BCUT2D eigenvalue weighted by Gasteiger charge is 2.32. The van der Waals surface area contributed by atoms with Gasteiger partial charge in [-0.05, 0) is 37.5 Å². The van der Waals surface area contributed by atoms with Crippen molar-refractivity contribution in [3.05, 3.63) is 28.2 Å². The Bertz CT molecular complexity index is 410. The zero-order chi connectivity index (χ0) is 13.9. The quantitative estimate of drug-likeness (QED) is 0.840. The molecule has 2 N–H and O–H groups in total. The first-order valence-electron chi connectivity index (χ1n) is 5.77. The minimum absolute atomic E-state index is 0.232. The molecule has 3 nitrogen and oxygen atoms in total. The molecule has 0 aliphatic rings. The van der Waals surface area contributed by atoms with Crippen LogP contribution in [0.25, 0.3) is 0 Å². The van der Waals surface area contributed by atoms with Gasteiger partial charge in [0.15, 0.2) is 0 Å². The van der Waals surface area contributed by atoms with Gasteiger partial charge in [-0.1, -0.05) is 28.9 Å². The Morgan fingerprint density at radius 3 is 2.61 bits per heavy atom. The van der Waals surface area contributed by atoms with E-state index in [9.17, 15) is 4.55 Å². The molecule has 1 rings (SSSR count). The third-order valence-electron chi connectivity index (χ3n) is 3.07. The lowest BCUT2D eigenvalue weighted by molar-refractivity contribution is 0.401. The smallest absolute Gasteiger partial charge is 0.140 e. The van der Waals surface area contributed by atoms with Gasteiger partial charge in [0, 0.05) is 22.3 Å². The Morgan fingerprint density at radius 1 is 1.50 bits per heavy atom. The SMILES string of the molecule is COc1cc(Br)ccc1[C@@H](C)CC(C)(C)[S+](N)[O-]. The molecule has 1 aromatic rings. The van der Waals surface area contributed by atoms with E-state index in [1.54, 1.807) is 7.11 Å². The predicted molar refractivity (Wildman–Crippen MR) is 80.1 cm³/mol. The predicted octanol–water partition coefficient (Wildman–Crippen LogP) is 3.35. The Labute approximate surface area is 121 Å². The second-order valence-corrected chi connectivity index (χ2v) is 7.66. The van der Waals surface area contributed by atoms with Crippen LogP contribution in [0.4, 0.5) is 0 Å². The van der Waals surface area contributed by atoms with Gasteiger partial charge in [-0.25, -0.2) is 0 Å². The van der Waals surface area contributed by atoms with Crippen LogP contribution < -0.4 is 9.88 Å². The third-order valence-corrected chi connectivity index (χ3v) is 4.82. The molecule has 0 aliphatic heterocycles. The minimum atomic E-state index is -1.33. The molecule has 18 heavy (non-hydrogen) atoms. The molecular formula is C13H20BrNO2S. The molecule has 0 fully saturated rings. The van der Waals surface area contributed by atoms with Gasteiger partial charge in [-0.15, -0.1) is 0 Å². The van der Waals surface area contributed by atoms with Crippen LogP contribution in [0, 0.1) is 0 Å². The fraction of sp³-hybridized carbons (Fsp3) is 0.538. The summed E-state index contributed by atoms with van der Waals surface area (Å²) in [7, 11) is 1.66. The Balaban J connectivity index is 2.94. The lowest BCUT2D eigenvalue weighted by Crippen LogP contribution is -2.38. The Kier molecular flexibility index (Phi) is 5.52. The molecule has 1 unspecified atom stereocenters. The second kappa shape index (κ2) is 6.28. The zero-order valence-corrected chi connectivity index (χ0v) is 13.6. The summed E-state index contributed by atoms with van der Waals surface area (Å²) in [5.41, 5.74) is 1.11. The van der Waals surface area contributed by atoms with Gasteiger partial charge in [0.05, 0.1) is 7.11 Å². The molecular weight excluding hydrogens is 314 g/mol. The van der Waals surface area contributed by atoms with E-state index in [-0.39, 0.29) is 5.92 Å². The van der Waals surface area contributed by atoms with Crippen LogP contribution in [0.3, 0.4) is 0 Å². The molecule has 0 heterocycles. The fourth-order valence-electron chi connectivity index (χ4n) is 2.02. The van der Waals surface area contributed by atoms with Gasteiger partial charge in [0.2, 0.25) is 0 Å². The van der Waals surface area contributed by atoms with Crippen molar-refractivity contribution >= 4 is 27.3 Å². The highest BCUT2D eigenvalue weighted by atomic mass is 79.9. The number of halogens is 1. The minimum Gasteiger partial charge on any atom is -0.598 e. The van der Waals surface area contributed by atoms with Crippen LogP contribution in [0.5, 0.6) is 5.75 Å². The average molecular weight is 334 g/mol. The molecule has 1 aromatic carbocycles. The van der Waals surface area contributed by atoms with Crippen molar-refractivity contribution in [1.82, 2.24) is 0 Å². The van der Waals surface area contributed by atoms with Crippen molar-refractivity contribution in [3.63, 3.8) is 0 Å². The van der Waals surface area contributed by atoms with Crippen molar-refractivity contribution in [1.29, 1.82) is 0 Å². The second-order valence-electron chi connectivity index (χ2n) is 5.05. The summed E-state index contributed by atoms with van der Waals surface area (Å²) in [6.45, 7) is 5.94. The van der Waals surface area contributed by atoms with E-state index in [1.807, 2.05) is 32.0 Å². The normalized spacial score (nSPS) is 15.3.